The number of thiazole rings is 1. The van der Waals surface area contributed by atoms with Crippen LogP contribution in [0.25, 0.3) is 10.6 Å². The number of anilines is 1. The summed E-state index contributed by atoms with van der Waals surface area (Å²) in [5.41, 5.74) is 1.22. The van der Waals surface area contributed by atoms with Crippen molar-refractivity contribution in [2.75, 3.05) is 44.2 Å². The third kappa shape index (κ3) is 7.15. The first-order valence-corrected chi connectivity index (χ1v) is 14.9. The quantitative estimate of drug-likeness (QED) is 0.311. The second-order valence-corrected chi connectivity index (χ2v) is 11.8. The number of nitrogens with zero attached hydrogens (tertiary/aromatic N) is 6. The minimum absolute atomic E-state index is 0.116. The summed E-state index contributed by atoms with van der Waals surface area (Å²) in [6.07, 6.45) is 3.50. The van der Waals surface area contributed by atoms with Gasteiger partial charge in [-0.3, -0.25) is 19.4 Å². The Hall–Kier alpha value is -2.44. The Morgan fingerprint density at radius 3 is 2.61 bits per heavy atom. The predicted octanol–water partition coefficient (Wildman–Crippen LogP) is 4.57. The molecule has 1 fully saturated rings. The Kier molecular flexibility index (Phi) is 9.83. The molecule has 0 amide bonds. The van der Waals surface area contributed by atoms with Crippen molar-refractivity contribution in [2.24, 2.45) is 0 Å². The summed E-state index contributed by atoms with van der Waals surface area (Å²) in [5.74, 6) is -0.176. The molecule has 1 atom stereocenters. The van der Waals surface area contributed by atoms with Gasteiger partial charge >= 0.3 is 5.97 Å². The van der Waals surface area contributed by atoms with Gasteiger partial charge in [-0.1, -0.05) is 25.4 Å². The number of hydrogen-bond donors (Lipinski definition) is 1. The molecule has 0 aliphatic carbocycles. The van der Waals surface area contributed by atoms with Gasteiger partial charge in [0.1, 0.15) is 16.5 Å². The molecule has 1 N–H and O–H groups in total. The molecule has 0 unspecified atom stereocenters. The zero-order chi connectivity index (χ0) is 27.2. The molecule has 9 nitrogen and oxygen atoms in total. The fraction of sp³-hybridized carbons (Fsp3) is 0.500. The van der Waals surface area contributed by atoms with Crippen molar-refractivity contribution in [3.63, 3.8) is 0 Å². The molecule has 3 aromatic rings. The van der Waals surface area contributed by atoms with Gasteiger partial charge in [-0.2, -0.15) is 0 Å². The second-order valence-electron chi connectivity index (χ2n) is 9.30. The molecule has 4 rings (SSSR count). The van der Waals surface area contributed by atoms with Crippen molar-refractivity contribution >= 4 is 51.8 Å². The van der Waals surface area contributed by atoms with Crippen molar-refractivity contribution in [3.8, 4) is 10.6 Å². The van der Waals surface area contributed by atoms with Crippen LogP contribution in [0.15, 0.2) is 23.8 Å². The lowest BCUT2D eigenvalue weighted by atomic mass is 10.2. The van der Waals surface area contributed by atoms with Crippen molar-refractivity contribution in [3.05, 3.63) is 44.4 Å². The third-order valence-corrected chi connectivity index (χ3v) is 9.07. The first-order valence-electron chi connectivity index (χ1n) is 12.8. The Morgan fingerprint density at radius 2 is 2.00 bits per heavy atom. The van der Waals surface area contributed by atoms with Gasteiger partial charge in [0.25, 0.3) is 0 Å². The molecule has 0 saturated carbocycles. The van der Waals surface area contributed by atoms with E-state index in [2.05, 4.69) is 45.4 Å². The lowest BCUT2D eigenvalue weighted by Crippen LogP contribution is -2.52. The maximum Gasteiger partial charge on any atom is 0.304 e. The fourth-order valence-electron chi connectivity index (χ4n) is 4.49. The average Bonchev–Trinajstić information content (AvgIpc) is 3.51. The van der Waals surface area contributed by atoms with Crippen LogP contribution in [0.4, 0.5) is 5.82 Å². The van der Waals surface area contributed by atoms with E-state index < -0.39 is 5.97 Å². The molecular weight excluding hydrogens is 544 g/mol. The van der Waals surface area contributed by atoms with Crippen LogP contribution in [0.1, 0.15) is 47.6 Å². The lowest BCUT2D eigenvalue weighted by Gasteiger charge is -2.40. The summed E-state index contributed by atoms with van der Waals surface area (Å²) >= 11 is 9.31. The van der Waals surface area contributed by atoms with Gasteiger partial charge in [-0.15, -0.1) is 22.7 Å². The molecule has 1 aliphatic rings. The zero-order valence-electron chi connectivity index (χ0n) is 21.9. The SMILES string of the molecule is CCN(CC)Cc1sc(CC(=O)c2cnc(N3CCN(CCC(=O)O)[C@H](C)C3)cn2)nc1-c1cc(Cl)cs1. The number of carboxylic acids is 1. The monoisotopic (exact) mass is 576 g/mol. The van der Waals surface area contributed by atoms with E-state index in [1.54, 1.807) is 35.1 Å². The number of aliphatic carboxylic acids is 1. The maximum absolute atomic E-state index is 13.1. The normalized spacial score (nSPS) is 16.3. The largest absolute Gasteiger partial charge is 0.481 e. The molecule has 1 saturated heterocycles. The Bertz CT molecular complexity index is 1240. The Labute approximate surface area is 236 Å². The smallest absolute Gasteiger partial charge is 0.304 e. The van der Waals surface area contributed by atoms with E-state index in [1.807, 2.05) is 11.4 Å². The van der Waals surface area contributed by atoms with Crippen molar-refractivity contribution in [2.45, 2.75) is 46.2 Å². The van der Waals surface area contributed by atoms with E-state index >= 15 is 0 Å². The molecule has 12 heteroatoms. The van der Waals surface area contributed by atoms with Crippen LogP contribution in [-0.4, -0.2) is 86.9 Å². The van der Waals surface area contributed by atoms with E-state index in [-0.39, 0.29) is 24.7 Å². The third-order valence-electron chi connectivity index (χ3n) is 6.74. The van der Waals surface area contributed by atoms with Crippen molar-refractivity contribution in [1.82, 2.24) is 24.8 Å². The number of hydrogen-bond acceptors (Lipinski definition) is 10. The molecular formula is C26H33ClN6O3S2. The van der Waals surface area contributed by atoms with Gasteiger partial charge < -0.3 is 10.0 Å². The van der Waals surface area contributed by atoms with Gasteiger partial charge in [0.05, 0.1) is 40.8 Å². The molecule has 0 spiro atoms. The molecule has 4 heterocycles. The number of thiophene rings is 1. The number of halogens is 1. The summed E-state index contributed by atoms with van der Waals surface area (Å²) < 4.78 is 0. The van der Waals surface area contributed by atoms with E-state index in [4.69, 9.17) is 21.7 Å². The number of Topliss-reactive ketones (excluding diaryl/α,β-unsaturated/α-hetero) is 1. The van der Waals surface area contributed by atoms with Crippen LogP contribution in [0.2, 0.25) is 5.02 Å². The minimum atomic E-state index is -0.782. The molecule has 38 heavy (non-hydrogen) atoms. The van der Waals surface area contributed by atoms with Gasteiger partial charge in [-0.05, 0) is 26.1 Å². The van der Waals surface area contributed by atoms with E-state index in [0.29, 0.717) is 17.3 Å². The van der Waals surface area contributed by atoms with Crippen LogP contribution < -0.4 is 4.90 Å². The summed E-state index contributed by atoms with van der Waals surface area (Å²) in [4.78, 5) is 46.5. The van der Waals surface area contributed by atoms with Crippen molar-refractivity contribution in [1.29, 1.82) is 0 Å². The highest BCUT2D eigenvalue weighted by Gasteiger charge is 2.25. The zero-order valence-corrected chi connectivity index (χ0v) is 24.3. The lowest BCUT2D eigenvalue weighted by molar-refractivity contribution is -0.137. The highest BCUT2D eigenvalue weighted by molar-refractivity contribution is 7.15. The van der Waals surface area contributed by atoms with Crippen LogP contribution in [-0.2, 0) is 17.8 Å². The van der Waals surface area contributed by atoms with Crippen LogP contribution >= 0.6 is 34.3 Å². The maximum atomic E-state index is 13.1. The first-order chi connectivity index (χ1) is 18.3. The van der Waals surface area contributed by atoms with Gasteiger partial charge in [0, 0.05) is 49.0 Å². The summed E-state index contributed by atoms with van der Waals surface area (Å²) in [5, 5.41) is 12.3. The summed E-state index contributed by atoms with van der Waals surface area (Å²) in [7, 11) is 0. The average molecular weight is 577 g/mol. The number of piperazine rings is 1. The topological polar surface area (TPSA) is 103 Å². The van der Waals surface area contributed by atoms with Gasteiger partial charge in [0.2, 0.25) is 0 Å². The molecule has 1 aliphatic heterocycles. The number of rotatable bonds is 12. The molecule has 3 aromatic heterocycles. The molecule has 204 valence electrons. The number of carbonyl (C=O) groups is 2. The fourth-order valence-corrected chi connectivity index (χ4v) is 6.77. The molecule has 0 bridgehead atoms. The standard InChI is InChI=1S/C26H33ClN6O3S2/c1-4-31(5-2)15-22-26(21-10-18(27)16-37-21)30-24(38-22)11-20(34)19-12-29-23(13-28-19)33-9-8-32(17(3)14-33)7-6-25(35)36/h10,12-13,16-17H,4-9,11,14-15H2,1-3H3,(H,35,36)/t17-/m1/s1. The van der Waals surface area contributed by atoms with Crippen LogP contribution in [0.5, 0.6) is 0 Å². The highest BCUT2D eigenvalue weighted by atomic mass is 35.5. The first kappa shape index (κ1) is 28.6. The number of carboxylic acid groups (broad SMARTS) is 1. The van der Waals surface area contributed by atoms with E-state index in [1.165, 1.54) is 0 Å². The highest BCUT2D eigenvalue weighted by Crippen LogP contribution is 2.35. The molecule has 0 aromatic carbocycles. The summed E-state index contributed by atoms with van der Waals surface area (Å²) in [6, 6.07) is 2.13. The summed E-state index contributed by atoms with van der Waals surface area (Å²) in [6.45, 7) is 11.8. The predicted molar refractivity (Wildman–Crippen MR) is 153 cm³/mol. The van der Waals surface area contributed by atoms with Crippen molar-refractivity contribution < 1.29 is 14.7 Å². The van der Waals surface area contributed by atoms with Crippen LogP contribution in [0, 0.1) is 0 Å². The molecule has 0 radical (unpaired) electrons. The Balaban J connectivity index is 1.42. The van der Waals surface area contributed by atoms with Crippen LogP contribution in [0.3, 0.4) is 0 Å². The van der Waals surface area contributed by atoms with E-state index in [0.717, 1.165) is 65.5 Å². The Morgan fingerprint density at radius 1 is 1.21 bits per heavy atom. The van der Waals surface area contributed by atoms with E-state index in [9.17, 15) is 9.59 Å². The number of aromatic nitrogens is 3. The minimum Gasteiger partial charge on any atom is -0.481 e. The second kappa shape index (κ2) is 13.1. The van der Waals surface area contributed by atoms with Gasteiger partial charge in [-0.25, -0.2) is 15.0 Å². The number of ketones is 1. The number of carbonyl (C=O) groups excluding carboxylic acids is 1. The van der Waals surface area contributed by atoms with Gasteiger partial charge in [0.15, 0.2) is 5.78 Å².